The summed E-state index contributed by atoms with van der Waals surface area (Å²) >= 11 is 12.6. The highest BCUT2D eigenvalue weighted by molar-refractivity contribution is 6.52. The summed E-state index contributed by atoms with van der Waals surface area (Å²) < 4.78 is 4.51. The van der Waals surface area contributed by atoms with Crippen LogP contribution in [-0.4, -0.2) is 18.1 Å². The van der Waals surface area contributed by atoms with Gasteiger partial charge in [0.05, 0.1) is 6.61 Å². The van der Waals surface area contributed by atoms with E-state index in [-0.39, 0.29) is 11.8 Å². The van der Waals surface area contributed by atoms with Crippen molar-refractivity contribution < 1.29 is 4.74 Å². The van der Waals surface area contributed by atoms with E-state index in [0.29, 0.717) is 6.61 Å². The van der Waals surface area contributed by atoms with Crippen molar-refractivity contribution in [2.45, 2.75) is 31.0 Å². The van der Waals surface area contributed by atoms with Gasteiger partial charge >= 0.3 is 0 Å². The van der Waals surface area contributed by atoms with Gasteiger partial charge in [0, 0.05) is 18.9 Å². The van der Waals surface area contributed by atoms with Crippen LogP contribution in [0.15, 0.2) is 12.1 Å². The van der Waals surface area contributed by atoms with E-state index in [4.69, 9.17) is 27.9 Å². The van der Waals surface area contributed by atoms with E-state index in [0.717, 1.165) is 0 Å². The van der Waals surface area contributed by atoms with Crippen LogP contribution in [0.3, 0.4) is 0 Å². The van der Waals surface area contributed by atoms with Crippen LogP contribution >= 0.6 is 23.2 Å². The zero-order valence-corrected chi connectivity index (χ0v) is 12.2. The van der Waals surface area contributed by atoms with Crippen LogP contribution in [0.1, 0.15) is 28.2 Å². The Labute approximate surface area is 113 Å². The molecule has 0 saturated heterocycles. The number of alkyl halides is 2. The van der Waals surface area contributed by atoms with Crippen molar-refractivity contribution in [2.75, 3.05) is 13.7 Å². The first-order valence-electron chi connectivity index (χ1n) is 5.84. The number of hydrogen-bond donors (Lipinski definition) is 0. The van der Waals surface area contributed by atoms with Crippen LogP contribution in [0.4, 0.5) is 0 Å². The molecule has 1 aliphatic rings. The molecule has 1 saturated carbocycles. The van der Waals surface area contributed by atoms with Crippen LogP contribution in [0.25, 0.3) is 0 Å². The maximum absolute atomic E-state index is 6.32. The summed E-state index contributed by atoms with van der Waals surface area (Å²) in [7, 11) is 1.69. The predicted octanol–water partition coefficient (Wildman–Crippen LogP) is 4.15. The minimum Gasteiger partial charge on any atom is -0.384 e. The topological polar surface area (TPSA) is 9.23 Å². The van der Waals surface area contributed by atoms with Gasteiger partial charge in [-0.1, -0.05) is 12.1 Å². The monoisotopic (exact) mass is 272 g/mol. The van der Waals surface area contributed by atoms with Crippen LogP contribution in [0.2, 0.25) is 0 Å². The molecule has 0 aliphatic heterocycles. The number of rotatable bonds is 3. The lowest BCUT2D eigenvalue weighted by molar-refractivity contribution is 0.183. The summed E-state index contributed by atoms with van der Waals surface area (Å²) in [5, 5.41) is 0. The molecule has 0 N–H and O–H groups in total. The lowest BCUT2D eigenvalue weighted by Gasteiger charge is -2.09. The molecule has 94 valence electrons. The molecule has 1 aliphatic carbocycles. The van der Waals surface area contributed by atoms with Gasteiger partial charge < -0.3 is 4.74 Å². The fraction of sp³-hybridized carbons (Fsp3) is 0.571. The molecular weight excluding hydrogens is 255 g/mol. The average molecular weight is 273 g/mol. The fourth-order valence-corrected chi connectivity index (χ4v) is 3.29. The Bertz CT molecular complexity index is 417. The molecular formula is C14H18Cl2O. The molecule has 2 rings (SSSR count). The van der Waals surface area contributed by atoms with E-state index in [9.17, 15) is 0 Å². The zero-order chi connectivity index (χ0) is 12.8. The van der Waals surface area contributed by atoms with Crippen LogP contribution in [0, 0.1) is 26.7 Å². The minimum atomic E-state index is -0.663. The van der Waals surface area contributed by atoms with E-state index in [1.165, 1.54) is 22.3 Å². The number of halogens is 2. The van der Waals surface area contributed by atoms with Crippen molar-refractivity contribution in [1.82, 2.24) is 0 Å². The summed E-state index contributed by atoms with van der Waals surface area (Å²) in [6.45, 7) is 7.01. The molecule has 0 heterocycles. The number of methoxy groups -OCH3 is 1. The molecule has 17 heavy (non-hydrogen) atoms. The molecule has 0 spiro atoms. The molecule has 0 radical (unpaired) electrons. The van der Waals surface area contributed by atoms with E-state index in [1.54, 1.807) is 7.11 Å². The Morgan fingerprint density at radius 2 is 1.71 bits per heavy atom. The highest BCUT2D eigenvalue weighted by Gasteiger charge is 2.63. The molecule has 1 nitrogen and oxygen atoms in total. The predicted molar refractivity (Wildman–Crippen MR) is 73.2 cm³/mol. The van der Waals surface area contributed by atoms with E-state index in [2.05, 4.69) is 32.9 Å². The third-order valence-corrected chi connectivity index (χ3v) is 4.89. The second-order valence-corrected chi connectivity index (χ2v) is 6.44. The van der Waals surface area contributed by atoms with Crippen molar-refractivity contribution in [2.24, 2.45) is 5.92 Å². The first kappa shape index (κ1) is 13.2. The summed E-state index contributed by atoms with van der Waals surface area (Å²) in [6, 6.07) is 4.39. The average Bonchev–Trinajstić information content (AvgIpc) is 2.77. The molecule has 1 aromatic carbocycles. The summed E-state index contributed by atoms with van der Waals surface area (Å²) in [5.74, 6) is 0.404. The van der Waals surface area contributed by atoms with Gasteiger partial charge in [-0.05, 0) is 43.0 Å². The lowest BCUT2D eigenvalue weighted by Crippen LogP contribution is -1.97. The molecule has 3 heteroatoms. The molecule has 2 atom stereocenters. The van der Waals surface area contributed by atoms with Gasteiger partial charge in [-0.25, -0.2) is 0 Å². The Hall–Kier alpha value is -0.240. The fourth-order valence-electron chi connectivity index (χ4n) is 2.48. The highest BCUT2D eigenvalue weighted by atomic mass is 35.5. The van der Waals surface area contributed by atoms with Crippen molar-refractivity contribution in [3.8, 4) is 0 Å². The number of aryl methyl sites for hydroxylation is 2. The van der Waals surface area contributed by atoms with Gasteiger partial charge in [0.1, 0.15) is 4.33 Å². The maximum atomic E-state index is 6.32. The molecule has 0 bridgehead atoms. The van der Waals surface area contributed by atoms with E-state index < -0.39 is 4.33 Å². The standard InChI is InChI=1S/C14H18Cl2O/c1-8-5-11(6-9(2)10(8)3)13-12(7-17-4)14(13,15)16/h5-6,12-13H,7H2,1-4H3/t12-,13-/m0/s1. The van der Waals surface area contributed by atoms with E-state index >= 15 is 0 Å². The van der Waals surface area contributed by atoms with Gasteiger partial charge in [-0.2, -0.15) is 0 Å². The second kappa shape index (κ2) is 4.46. The zero-order valence-electron chi connectivity index (χ0n) is 10.7. The number of hydrogen-bond acceptors (Lipinski definition) is 1. The smallest absolute Gasteiger partial charge is 0.131 e. The summed E-state index contributed by atoms with van der Waals surface area (Å²) in [4.78, 5) is 0. The normalized spacial score (nSPS) is 26.0. The first-order chi connectivity index (χ1) is 7.89. The molecule has 0 aromatic heterocycles. The Balaban J connectivity index is 2.31. The third kappa shape index (κ3) is 2.21. The van der Waals surface area contributed by atoms with E-state index in [1.807, 2.05) is 0 Å². The Kier molecular flexibility index (Phi) is 3.46. The van der Waals surface area contributed by atoms with Crippen molar-refractivity contribution in [3.63, 3.8) is 0 Å². The number of benzene rings is 1. The van der Waals surface area contributed by atoms with Crippen molar-refractivity contribution >= 4 is 23.2 Å². The molecule has 0 amide bonds. The highest BCUT2D eigenvalue weighted by Crippen LogP contribution is 2.65. The van der Waals surface area contributed by atoms with Gasteiger partial charge in [0.2, 0.25) is 0 Å². The van der Waals surface area contributed by atoms with Gasteiger partial charge in [-0.3, -0.25) is 0 Å². The van der Waals surface area contributed by atoms with Crippen LogP contribution in [-0.2, 0) is 4.74 Å². The Morgan fingerprint density at radius 1 is 1.18 bits per heavy atom. The summed E-state index contributed by atoms with van der Waals surface area (Å²) in [6.07, 6.45) is 0. The molecule has 1 fully saturated rings. The second-order valence-electron chi connectivity index (χ2n) is 4.99. The minimum absolute atomic E-state index is 0.198. The Morgan fingerprint density at radius 3 is 2.18 bits per heavy atom. The molecule has 1 aromatic rings. The van der Waals surface area contributed by atoms with Crippen LogP contribution < -0.4 is 0 Å². The van der Waals surface area contributed by atoms with Gasteiger partial charge in [-0.15, -0.1) is 23.2 Å². The lowest BCUT2D eigenvalue weighted by atomic mass is 9.98. The summed E-state index contributed by atoms with van der Waals surface area (Å²) in [5.41, 5.74) is 5.17. The quantitative estimate of drug-likeness (QED) is 0.752. The third-order valence-electron chi connectivity index (χ3n) is 3.86. The van der Waals surface area contributed by atoms with Crippen molar-refractivity contribution in [1.29, 1.82) is 0 Å². The van der Waals surface area contributed by atoms with Crippen LogP contribution in [0.5, 0.6) is 0 Å². The number of ether oxygens (including phenoxy) is 1. The largest absolute Gasteiger partial charge is 0.384 e. The first-order valence-corrected chi connectivity index (χ1v) is 6.59. The van der Waals surface area contributed by atoms with Gasteiger partial charge in [0.25, 0.3) is 0 Å². The maximum Gasteiger partial charge on any atom is 0.131 e. The van der Waals surface area contributed by atoms with Gasteiger partial charge in [0.15, 0.2) is 0 Å². The molecule has 0 unspecified atom stereocenters. The van der Waals surface area contributed by atoms with Crippen molar-refractivity contribution in [3.05, 3.63) is 34.4 Å². The SMILES string of the molecule is COC[C@H]1[C@H](c2cc(C)c(C)c(C)c2)C1(Cl)Cl.